The normalized spacial score (nSPS) is 10.6. The second-order valence-electron chi connectivity index (χ2n) is 4.25. The van der Waals surface area contributed by atoms with Crippen molar-refractivity contribution >= 4 is 10.8 Å². The number of benzene rings is 2. The van der Waals surface area contributed by atoms with Gasteiger partial charge < -0.3 is 0 Å². The van der Waals surface area contributed by atoms with Gasteiger partial charge in [-0.2, -0.15) is 0 Å². The number of hydrogen-bond acceptors (Lipinski definition) is 1. The van der Waals surface area contributed by atoms with Gasteiger partial charge in [-0.05, 0) is 35.6 Å². The maximum Gasteiger partial charge on any atom is 0.0379 e. The van der Waals surface area contributed by atoms with Gasteiger partial charge in [-0.15, -0.1) is 0 Å². The topological polar surface area (TPSA) is 12.9 Å². The molecule has 0 N–H and O–H groups in total. The average Bonchev–Trinajstić information content (AvgIpc) is 2.39. The van der Waals surface area contributed by atoms with E-state index >= 15 is 0 Å². The molecular weight excluding hydrogens is 206 g/mol. The molecule has 0 bridgehead atoms. The van der Waals surface area contributed by atoms with E-state index in [1.54, 1.807) is 0 Å². The van der Waals surface area contributed by atoms with E-state index in [0.29, 0.717) is 0 Å². The molecule has 0 aliphatic heterocycles. The van der Waals surface area contributed by atoms with E-state index < -0.39 is 0 Å². The Bertz CT molecular complexity index is 657. The van der Waals surface area contributed by atoms with Crippen LogP contribution in [0.25, 0.3) is 21.9 Å². The van der Waals surface area contributed by atoms with Crippen molar-refractivity contribution in [1.82, 2.24) is 4.98 Å². The fraction of sp³-hybridized carbons (Fsp3) is 0.0625. The predicted octanol–water partition coefficient (Wildman–Crippen LogP) is 4.21. The van der Waals surface area contributed by atoms with Crippen molar-refractivity contribution in [1.29, 1.82) is 0 Å². The van der Waals surface area contributed by atoms with E-state index in [2.05, 4.69) is 53.5 Å². The first-order chi connectivity index (χ1) is 8.33. The molecule has 1 aromatic heterocycles. The first-order valence-corrected chi connectivity index (χ1v) is 5.75. The Morgan fingerprint density at radius 1 is 0.765 bits per heavy atom. The summed E-state index contributed by atoms with van der Waals surface area (Å²) in [6.45, 7) is 2.02. The lowest BCUT2D eigenvalue weighted by molar-refractivity contribution is 1.22. The van der Waals surface area contributed by atoms with Crippen LogP contribution in [0.4, 0.5) is 0 Å². The molecule has 1 heteroatoms. The van der Waals surface area contributed by atoms with Crippen LogP contribution in [0.15, 0.2) is 60.8 Å². The molecular formula is C16H13N. The minimum atomic E-state index is 1.06. The average molecular weight is 219 g/mol. The standard InChI is InChI=1S/C16H13N/c1-12-9-16-10-14(7-8-15(16)11-17-12)13-5-3-2-4-6-13/h2-11H,1H3. The van der Waals surface area contributed by atoms with Gasteiger partial charge in [0.05, 0.1) is 0 Å². The molecule has 1 heterocycles. The number of hydrogen-bond donors (Lipinski definition) is 0. The monoisotopic (exact) mass is 219 g/mol. The van der Waals surface area contributed by atoms with E-state index in [-0.39, 0.29) is 0 Å². The molecule has 2 aromatic carbocycles. The summed E-state index contributed by atoms with van der Waals surface area (Å²) >= 11 is 0. The van der Waals surface area contributed by atoms with Crippen molar-refractivity contribution in [2.45, 2.75) is 6.92 Å². The minimum Gasteiger partial charge on any atom is -0.261 e. The van der Waals surface area contributed by atoms with Gasteiger partial charge in [-0.3, -0.25) is 4.98 Å². The molecule has 0 fully saturated rings. The Morgan fingerprint density at radius 3 is 2.41 bits per heavy atom. The molecule has 0 aliphatic rings. The molecule has 0 radical (unpaired) electrons. The summed E-state index contributed by atoms with van der Waals surface area (Å²) in [5, 5.41) is 2.44. The summed E-state index contributed by atoms with van der Waals surface area (Å²) in [6, 6.07) is 19.1. The number of nitrogens with zero attached hydrogens (tertiary/aromatic N) is 1. The molecule has 0 unspecified atom stereocenters. The van der Waals surface area contributed by atoms with Crippen molar-refractivity contribution in [3.05, 3.63) is 66.5 Å². The second-order valence-corrected chi connectivity index (χ2v) is 4.25. The zero-order valence-corrected chi connectivity index (χ0v) is 9.72. The lowest BCUT2D eigenvalue weighted by Gasteiger charge is -2.04. The highest BCUT2D eigenvalue weighted by atomic mass is 14.6. The van der Waals surface area contributed by atoms with Crippen LogP contribution in [0, 0.1) is 6.92 Å². The zero-order valence-electron chi connectivity index (χ0n) is 9.72. The third kappa shape index (κ3) is 1.92. The Kier molecular flexibility index (Phi) is 2.37. The van der Waals surface area contributed by atoms with Crippen LogP contribution in [0.2, 0.25) is 0 Å². The lowest BCUT2D eigenvalue weighted by atomic mass is 10.0. The fourth-order valence-corrected chi connectivity index (χ4v) is 2.06. The highest BCUT2D eigenvalue weighted by Gasteiger charge is 1.99. The Labute approximate surface area is 101 Å². The van der Waals surface area contributed by atoms with E-state index in [0.717, 1.165) is 5.69 Å². The number of rotatable bonds is 1. The van der Waals surface area contributed by atoms with Crippen LogP contribution in [-0.4, -0.2) is 4.98 Å². The van der Waals surface area contributed by atoms with Crippen LogP contribution in [-0.2, 0) is 0 Å². The number of pyridine rings is 1. The van der Waals surface area contributed by atoms with Gasteiger partial charge in [0.1, 0.15) is 0 Å². The van der Waals surface area contributed by atoms with Crippen molar-refractivity contribution in [2.24, 2.45) is 0 Å². The highest BCUT2D eigenvalue weighted by molar-refractivity contribution is 5.86. The van der Waals surface area contributed by atoms with Crippen molar-refractivity contribution < 1.29 is 0 Å². The van der Waals surface area contributed by atoms with Gasteiger partial charge in [0.2, 0.25) is 0 Å². The summed E-state index contributed by atoms with van der Waals surface area (Å²) in [7, 11) is 0. The molecule has 3 rings (SSSR count). The Balaban J connectivity index is 2.19. The molecule has 82 valence electrons. The van der Waals surface area contributed by atoms with Gasteiger partial charge in [0.15, 0.2) is 0 Å². The first kappa shape index (κ1) is 10.0. The van der Waals surface area contributed by atoms with Crippen LogP contribution >= 0.6 is 0 Å². The molecule has 0 aliphatic carbocycles. The van der Waals surface area contributed by atoms with Gasteiger partial charge in [0.25, 0.3) is 0 Å². The molecule has 0 saturated heterocycles. The molecule has 0 atom stereocenters. The Morgan fingerprint density at radius 2 is 1.59 bits per heavy atom. The SMILES string of the molecule is Cc1cc2cc(-c3ccccc3)ccc2cn1. The molecule has 0 saturated carbocycles. The maximum absolute atomic E-state index is 4.31. The summed E-state index contributed by atoms with van der Waals surface area (Å²) in [5.74, 6) is 0. The van der Waals surface area contributed by atoms with Crippen molar-refractivity contribution in [3.8, 4) is 11.1 Å². The largest absolute Gasteiger partial charge is 0.261 e. The highest BCUT2D eigenvalue weighted by Crippen LogP contribution is 2.24. The zero-order chi connectivity index (χ0) is 11.7. The molecule has 0 amide bonds. The van der Waals surface area contributed by atoms with Crippen LogP contribution in [0.1, 0.15) is 5.69 Å². The van der Waals surface area contributed by atoms with E-state index in [1.807, 2.05) is 19.2 Å². The van der Waals surface area contributed by atoms with Gasteiger partial charge in [-0.25, -0.2) is 0 Å². The third-order valence-electron chi connectivity index (χ3n) is 2.97. The third-order valence-corrected chi connectivity index (χ3v) is 2.97. The Hall–Kier alpha value is -2.15. The first-order valence-electron chi connectivity index (χ1n) is 5.75. The van der Waals surface area contributed by atoms with Crippen molar-refractivity contribution in [3.63, 3.8) is 0 Å². The number of aromatic nitrogens is 1. The maximum atomic E-state index is 4.31. The molecule has 3 aromatic rings. The van der Waals surface area contributed by atoms with Crippen LogP contribution in [0.3, 0.4) is 0 Å². The fourth-order valence-electron chi connectivity index (χ4n) is 2.06. The van der Waals surface area contributed by atoms with Crippen molar-refractivity contribution in [2.75, 3.05) is 0 Å². The molecule has 1 nitrogen and oxygen atoms in total. The molecule has 17 heavy (non-hydrogen) atoms. The quantitative estimate of drug-likeness (QED) is 0.597. The van der Waals surface area contributed by atoms with Crippen LogP contribution < -0.4 is 0 Å². The predicted molar refractivity (Wildman–Crippen MR) is 71.9 cm³/mol. The molecule has 0 spiro atoms. The van der Waals surface area contributed by atoms with E-state index in [9.17, 15) is 0 Å². The lowest BCUT2D eigenvalue weighted by Crippen LogP contribution is -1.82. The van der Waals surface area contributed by atoms with Gasteiger partial charge in [0, 0.05) is 17.3 Å². The second kappa shape index (κ2) is 4.02. The minimum absolute atomic E-state index is 1.06. The number of aryl methyl sites for hydroxylation is 1. The summed E-state index contributed by atoms with van der Waals surface area (Å²) in [6.07, 6.45) is 1.93. The van der Waals surface area contributed by atoms with E-state index in [1.165, 1.54) is 21.9 Å². The number of fused-ring (bicyclic) bond motifs is 1. The van der Waals surface area contributed by atoms with Crippen LogP contribution in [0.5, 0.6) is 0 Å². The van der Waals surface area contributed by atoms with Gasteiger partial charge in [-0.1, -0.05) is 42.5 Å². The summed E-state index contributed by atoms with van der Waals surface area (Å²) in [5.41, 5.74) is 3.57. The summed E-state index contributed by atoms with van der Waals surface area (Å²) in [4.78, 5) is 4.31. The van der Waals surface area contributed by atoms with Gasteiger partial charge >= 0.3 is 0 Å². The smallest absolute Gasteiger partial charge is 0.0379 e. The summed E-state index contributed by atoms with van der Waals surface area (Å²) < 4.78 is 0. The van der Waals surface area contributed by atoms with E-state index in [4.69, 9.17) is 0 Å².